The largest absolute Gasteiger partial charge is 0.507 e. The van der Waals surface area contributed by atoms with Gasteiger partial charge in [0.15, 0.2) is 0 Å². The lowest BCUT2D eigenvalue weighted by molar-refractivity contribution is 0.447. The van der Waals surface area contributed by atoms with Crippen molar-refractivity contribution in [3.05, 3.63) is 78.9 Å². The predicted molar refractivity (Wildman–Crippen MR) is 133 cm³/mol. The van der Waals surface area contributed by atoms with Crippen molar-refractivity contribution < 1.29 is 19.0 Å². The van der Waals surface area contributed by atoms with Crippen LogP contribution >= 0.6 is 0 Å². The van der Waals surface area contributed by atoms with Crippen LogP contribution in [0.2, 0.25) is 0 Å². The van der Waals surface area contributed by atoms with E-state index in [1.807, 2.05) is 13.8 Å². The molecule has 2 N–H and O–H groups in total. The van der Waals surface area contributed by atoms with E-state index in [9.17, 15) is 28.6 Å². The van der Waals surface area contributed by atoms with Crippen molar-refractivity contribution in [1.29, 1.82) is 0 Å². The number of nitrogens with zero attached hydrogens (tertiary/aromatic N) is 2. The van der Waals surface area contributed by atoms with E-state index < -0.39 is 11.6 Å². The normalized spacial score (nSPS) is 18.8. The summed E-state index contributed by atoms with van der Waals surface area (Å²) in [5.74, 6) is -1.58. The molecular weight excluding hydrogens is 466 g/mol. The summed E-state index contributed by atoms with van der Waals surface area (Å²) in [6.07, 6.45) is 2.47. The van der Waals surface area contributed by atoms with E-state index in [1.165, 1.54) is 24.3 Å². The molecule has 2 aromatic heterocycles. The second-order valence-corrected chi connectivity index (χ2v) is 10.2. The van der Waals surface area contributed by atoms with E-state index in [-0.39, 0.29) is 69.4 Å². The van der Waals surface area contributed by atoms with Crippen LogP contribution in [-0.2, 0) is 25.7 Å². The topological polar surface area (TPSA) is 84.5 Å². The monoisotopic (exact) mass is 492 g/mol. The molecule has 2 atom stereocenters. The van der Waals surface area contributed by atoms with Crippen molar-refractivity contribution in [3.8, 4) is 11.5 Å². The van der Waals surface area contributed by atoms with Crippen LogP contribution in [0.1, 0.15) is 61.0 Å². The summed E-state index contributed by atoms with van der Waals surface area (Å²) in [6.45, 7) is 3.82. The first kappa shape index (κ1) is 22.8. The summed E-state index contributed by atoms with van der Waals surface area (Å²) in [4.78, 5) is 27.0. The Kier molecular flexibility index (Phi) is 5.00. The maximum absolute atomic E-state index is 14.3. The standard InChI is InChI=1S/C28H26F2N2O4/c1-13-3-5-15-9-17(29)11-21-23(15)31(13)27(35)19(25(21)33)7-8-20-26(34)22-12-18(30)10-16-6-4-14(2)32(24(16)22)28(20)36/h9-14,33-34H,3-8H2,1-2H3. The van der Waals surface area contributed by atoms with E-state index in [0.29, 0.717) is 47.8 Å². The average molecular weight is 493 g/mol. The number of aromatic nitrogens is 2. The second-order valence-electron chi connectivity index (χ2n) is 10.2. The molecule has 2 aliphatic heterocycles. The highest BCUT2D eigenvalue weighted by molar-refractivity contribution is 5.90. The number of pyridine rings is 2. The van der Waals surface area contributed by atoms with Crippen molar-refractivity contribution in [3.63, 3.8) is 0 Å². The molecule has 0 radical (unpaired) electrons. The second kappa shape index (κ2) is 7.91. The van der Waals surface area contributed by atoms with E-state index >= 15 is 0 Å². The molecule has 0 saturated carbocycles. The Labute approximate surface area is 205 Å². The van der Waals surface area contributed by atoms with Crippen molar-refractivity contribution in [2.24, 2.45) is 0 Å². The first-order valence-electron chi connectivity index (χ1n) is 12.3. The van der Waals surface area contributed by atoms with E-state index in [0.717, 1.165) is 0 Å². The van der Waals surface area contributed by atoms with Gasteiger partial charge in [-0.2, -0.15) is 0 Å². The minimum Gasteiger partial charge on any atom is -0.507 e. The fourth-order valence-electron chi connectivity index (χ4n) is 6.17. The summed E-state index contributed by atoms with van der Waals surface area (Å²) in [5.41, 5.74) is 1.80. The third-order valence-corrected chi connectivity index (χ3v) is 7.99. The lowest BCUT2D eigenvalue weighted by Gasteiger charge is -2.27. The molecule has 0 fully saturated rings. The maximum atomic E-state index is 14.3. The summed E-state index contributed by atoms with van der Waals surface area (Å²) in [7, 11) is 0. The number of benzene rings is 2. The van der Waals surface area contributed by atoms with Crippen LogP contribution in [0.25, 0.3) is 21.8 Å². The minimum atomic E-state index is -0.491. The van der Waals surface area contributed by atoms with Crippen LogP contribution in [0, 0.1) is 11.6 Å². The predicted octanol–water partition coefficient (Wildman–Crippen LogP) is 4.81. The molecule has 8 heteroatoms. The lowest BCUT2D eigenvalue weighted by atomic mass is 9.93. The summed E-state index contributed by atoms with van der Waals surface area (Å²) in [6, 6.07) is 4.98. The average Bonchev–Trinajstić information content (AvgIpc) is 2.83. The fourth-order valence-corrected chi connectivity index (χ4v) is 6.17. The molecular formula is C28H26F2N2O4. The van der Waals surface area contributed by atoms with Gasteiger partial charge >= 0.3 is 0 Å². The molecule has 6 rings (SSSR count). The van der Waals surface area contributed by atoms with Crippen molar-refractivity contribution in [2.75, 3.05) is 0 Å². The quantitative estimate of drug-likeness (QED) is 0.430. The summed E-state index contributed by atoms with van der Waals surface area (Å²) < 4.78 is 31.9. The van der Waals surface area contributed by atoms with Crippen molar-refractivity contribution in [2.45, 2.75) is 64.5 Å². The molecule has 2 unspecified atom stereocenters. The van der Waals surface area contributed by atoms with Crippen LogP contribution in [0.5, 0.6) is 11.5 Å². The van der Waals surface area contributed by atoms with E-state index in [4.69, 9.17) is 0 Å². The number of rotatable bonds is 3. The van der Waals surface area contributed by atoms with Crippen LogP contribution in [0.3, 0.4) is 0 Å². The third kappa shape index (κ3) is 3.13. The minimum absolute atomic E-state index is 0.0377. The third-order valence-electron chi connectivity index (χ3n) is 7.99. The molecule has 6 nitrogen and oxygen atoms in total. The maximum Gasteiger partial charge on any atom is 0.258 e. The number of aryl methyl sites for hydroxylation is 2. The number of hydrogen-bond acceptors (Lipinski definition) is 4. The Morgan fingerprint density at radius 1 is 0.750 bits per heavy atom. The highest BCUT2D eigenvalue weighted by Gasteiger charge is 2.28. The van der Waals surface area contributed by atoms with Crippen LogP contribution in [0.4, 0.5) is 8.78 Å². The molecule has 0 amide bonds. The highest BCUT2D eigenvalue weighted by Crippen LogP contribution is 2.38. The SMILES string of the molecule is CC1CCc2cc(F)cc3c(O)c(CCc4c(O)c5cc(F)cc6c5n(c4=O)C(C)CC6)c(=O)n1c23. The zero-order valence-corrected chi connectivity index (χ0v) is 20.1. The summed E-state index contributed by atoms with van der Waals surface area (Å²) >= 11 is 0. The van der Waals surface area contributed by atoms with E-state index in [2.05, 4.69) is 0 Å². The van der Waals surface area contributed by atoms with Gasteiger partial charge in [-0.1, -0.05) is 0 Å². The zero-order chi connectivity index (χ0) is 25.5. The van der Waals surface area contributed by atoms with Gasteiger partial charge in [0.1, 0.15) is 23.1 Å². The molecule has 0 bridgehead atoms. The first-order chi connectivity index (χ1) is 17.2. The van der Waals surface area contributed by atoms with Gasteiger partial charge in [0.25, 0.3) is 11.1 Å². The lowest BCUT2D eigenvalue weighted by Crippen LogP contribution is -2.32. The van der Waals surface area contributed by atoms with Gasteiger partial charge in [0.05, 0.1) is 22.2 Å². The van der Waals surface area contributed by atoms with Crippen LogP contribution < -0.4 is 11.1 Å². The van der Waals surface area contributed by atoms with Gasteiger partial charge < -0.3 is 19.3 Å². The number of aromatic hydroxyl groups is 2. The van der Waals surface area contributed by atoms with Crippen molar-refractivity contribution in [1.82, 2.24) is 9.13 Å². The number of hydrogen-bond donors (Lipinski definition) is 2. The van der Waals surface area contributed by atoms with Gasteiger partial charge in [-0.15, -0.1) is 0 Å². The van der Waals surface area contributed by atoms with Gasteiger partial charge in [0, 0.05) is 22.9 Å². The Bertz CT molecular complexity index is 1590. The van der Waals surface area contributed by atoms with E-state index in [1.54, 1.807) is 9.13 Å². The van der Waals surface area contributed by atoms with Crippen molar-refractivity contribution >= 4 is 21.8 Å². The fraction of sp³-hybridized carbons (Fsp3) is 0.357. The Balaban J connectivity index is 1.53. The molecule has 186 valence electrons. The highest BCUT2D eigenvalue weighted by atomic mass is 19.1. The van der Waals surface area contributed by atoms with Gasteiger partial charge in [-0.05, 0) is 87.8 Å². The number of halogens is 2. The summed E-state index contributed by atoms with van der Waals surface area (Å²) in [5, 5.41) is 22.6. The van der Waals surface area contributed by atoms with Crippen LogP contribution in [-0.4, -0.2) is 19.3 Å². The smallest absolute Gasteiger partial charge is 0.258 e. The molecule has 0 spiro atoms. The molecule has 36 heavy (non-hydrogen) atoms. The van der Waals surface area contributed by atoms with Crippen LogP contribution in [0.15, 0.2) is 33.9 Å². The molecule has 4 aromatic rings. The van der Waals surface area contributed by atoms with Gasteiger partial charge in [0.2, 0.25) is 0 Å². The first-order valence-corrected chi connectivity index (χ1v) is 12.3. The molecule has 4 heterocycles. The zero-order valence-electron chi connectivity index (χ0n) is 20.1. The van der Waals surface area contributed by atoms with Gasteiger partial charge in [-0.25, -0.2) is 8.78 Å². The Hall–Kier alpha value is -3.68. The molecule has 2 aliphatic rings. The van der Waals surface area contributed by atoms with Gasteiger partial charge in [-0.3, -0.25) is 9.59 Å². The molecule has 0 saturated heterocycles. The molecule has 2 aromatic carbocycles. The Morgan fingerprint density at radius 2 is 1.14 bits per heavy atom. The Morgan fingerprint density at radius 3 is 1.53 bits per heavy atom. The molecule has 0 aliphatic carbocycles.